The Hall–Kier alpha value is 0.0649. The van der Waals surface area contributed by atoms with E-state index in [-0.39, 0.29) is 0 Å². The second kappa shape index (κ2) is 10.0. The molecule has 17 heavy (non-hydrogen) atoms. The third-order valence-electron chi connectivity index (χ3n) is 4.06. The predicted molar refractivity (Wildman–Crippen MR) is 80.0 cm³/mol. The lowest BCUT2D eigenvalue weighted by atomic mass is 9.53. The zero-order chi connectivity index (χ0) is 12.3. The van der Waals surface area contributed by atoms with Gasteiger partial charge in [-0.15, -0.1) is 0 Å². The van der Waals surface area contributed by atoms with Crippen molar-refractivity contribution in [2.75, 3.05) is 0 Å². The van der Waals surface area contributed by atoms with Crippen LogP contribution in [-0.4, -0.2) is 7.28 Å². The van der Waals surface area contributed by atoms with E-state index in [1.54, 1.807) is 0 Å². The fourth-order valence-corrected chi connectivity index (χ4v) is 3.11. The van der Waals surface area contributed by atoms with Crippen molar-refractivity contribution >= 4 is 7.28 Å². The van der Waals surface area contributed by atoms with Gasteiger partial charge in [-0.1, -0.05) is 103 Å². The Morgan fingerprint density at radius 2 is 1.00 bits per heavy atom. The molecule has 0 aromatic carbocycles. The molecule has 99 valence electrons. The quantitative estimate of drug-likeness (QED) is 0.515. The first-order valence-electron chi connectivity index (χ1n) is 8.14. The van der Waals surface area contributed by atoms with Crippen molar-refractivity contribution in [1.82, 2.24) is 0 Å². The first-order valence-corrected chi connectivity index (χ1v) is 8.14. The summed E-state index contributed by atoms with van der Waals surface area (Å²) in [7, 11) is 2.61. The van der Waals surface area contributed by atoms with E-state index in [1.165, 1.54) is 77.0 Å². The Balaban J connectivity index is 2.25. The Bertz CT molecular complexity index is 151. The van der Waals surface area contributed by atoms with Crippen LogP contribution in [0.5, 0.6) is 0 Å². The second-order valence-corrected chi connectivity index (χ2v) is 6.31. The highest BCUT2D eigenvalue weighted by Gasteiger charge is 2.12. The van der Waals surface area contributed by atoms with Gasteiger partial charge in [-0.2, -0.15) is 0 Å². The maximum atomic E-state index is 2.61. The maximum absolute atomic E-state index is 2.61. The van der Waals surface area contributed by atoms with Crippen molar-refractivity contribution in [3.05, 3.63) is 0 Å². The molecule has 1 radical (unpaired) electrons. The number of hydrogen-bond donors (Lipinski definition) is 0. The standard InChI is InChI=1S/C16H32B/c1-15(2)17-16-13-11-9-7-5-3-4-6-8-10-12-14-16/h15-16H,3-14H2,1-2H3. The molecule has 0 aliphatic heterocycles. The van der Waals surface area contributed by atoms with Crippen LogP contribution < -0.4 is 0 Å². The third kappa shape index (κ3) is 8.74. The van der Waals surface area contributed by atoms with Gasteiger partial charge in [0.2, 0.25) is 0 Å². The highest BCUT2D eigenvalue weighted by Crippen LogP contribution is 2.26. The topological polar surface area (TPSA) is 0 Å². The van der Waals surface area contributed by atoms with Gasteiger partial charge in [-0.3, -0.25) is 0 Å². The Kier molecular flexibility index (Phi) is 8.92. The van der Waals surface area contributed by atoms with Crippen LogP contribution in [0, 0.1) is 0 Å². The normalized spacial score (nSPS) is 22.5. The average molecular weight is 235 g/mol. The summed E-state index contributed by atoms with van der Waals surface area (Å²) in [6.07, 6.45) is 17.7. The van der Waals surface area contributed by atoms with E-state index in [9.17, 15) is 0 Å². The molecule has 0 aromatic heterocycles. The predicted octanol–water partition coefficient (Wildman–Crippen LogP) is 6.00. The van der Waals surface area contributed by atoms with Crippen LogP contribution in [0.25, 0.3) is 0 Å². The fourth-order valence-electron chi connectivity index (χ4n) is 3.11. The van der Waals surface area contributed by atoms with Crippen LogP contribution in [0.15, 0.2) is 0 Å². The first-order chi connectivity index (χ1) is 8.29. The van der Waals surface area contributed by atoms with Gasteiger partial charge in [0.25, 0.3) is 0 Å². The zero-order valence-electron chi connectivity index (χ0n) is 12.2. The molecule has 1 saturated carbocycles. The molecule has 0 bridgehead atoms. The Labute approximate surface area is 110 Å². The lowest BCUT2D eigenvalue weighted by molar-refractivity contribution is 0.555. The van der Waals surface area contributed by atoms with Crippen molar-refractivity contribution in [3.8, 4) is 0 Å². The zero-order valence-corrected chi connectivity index (χ0v) is 12.2. The minimum absolute atomic E-state index is 0.774. The molecule has 1 aliphatic rings. The summed E-state index contributed by atoms with van der Waals surface area (Å²) >= 11 is 0. The fraction of sp³-hybridized carbons (Fsp3) is 1.00. The van der Waals surface area contributed by atoms with Crippen molar-refractivity contribution < 1.29 is 0 Å². The summed E-state index contributed by atoms with van der Waals surface area (Å²) in [5, 5.41) is 0. The lowest BCUT2D eigenvalue weighted by Gasteiger charge is -2.17. The maximum Gasteiger partial charge on any atom is 0.117 e. The van der Waals surface area contributed by atoms with Gasteiger partial charge in [0.05, 0.1) is 0 Å². The van der Waals surface area contributed by atoms with E-state index in [0.29, 0.717) is 0 Å². The summed E-state index contributed by atoms with van der Waals surface area (Å²) in [4.78, 5) is 0. The van der Waals surface area contributed by atoms with E-state index in [0.717, 1.165) is 11.6 Å². The van der Waals surface area contributed by atoms with Gasteiger partial charge in [0, 0.05) is 0 Å². The number of rotatable bonds is 2. The van der Waals surface area contributed by atoms with Gasteiger partial charge >= 0.3 is 0 Å². The molecule has 0 saturated heterocycles. The van der Waals surface area contributed by atoms with Gasteiger partial charge in [-0.25, -0.2) is 0 Å². The molecule has 0 N–H and O–H groups in total. The summed E-state index contributed by atoms with van der Waals surface area (Å²) < 4.78 is 0. The minimum atomic E-state index is 0.774. The average Bonchev–Trinajstić information content (AvgIpc) is 2.30. The molecule has 0 heterocycles. The second-order valence-electron chi connectivity index (χ2n) is 6.31. The van der Waals surface area contributed by atoms with Crippen LogP contribution in [0.2, 0.25) is 11.6 Å². The molecule has 0 amide bonds. The lowest BCUT2D eigenvalue weighted by Crippen LogP contribution is -2.07. The van der Waals surface area contributed by atoms with Crippen LogP contribution in [0.1, 0.15) is 90.9 Å². The van der Waals surface area contributed by atoms with Crippen LogP contribution in [-0.2, 0) is 0 Å². The third-order valence-corrected chi connectivity index (χ3v) is 4.06. The van der Waals surface area contributed by atoms with E-state index in [1.807, 2.05) is 0 Å². The summed E-state index contributed by atoms with van der Waals surface area (Å²) in [6.45, 7) is 4.67. The Morgan fingerprint density at radius 3 is 1.35 bits per heavy atom. The molecule has 0 atom stereocenters. The van der Waals surface area contributed by atoms with Crippen LogP contribution >= 0.6 is 0 Å². The molecule has 1 aliphatic carbocycles. The van der Waals surface area contributed by atoms with E-state index >= 15 is 0 Å². The molecule has 0 spiro atoms. The van der Waals surface area contributed by atoms with Gasteiger partial charge in [0.1, 0.15) is 7.28 Å². The Morgan fingerprint density at radius 1 is 0.647 bits per heavy atom. The molecular formula is C16H32B. The largest absolute Gasteiger partial charge is 0.117 e. The summed E-state index contributed by atoms with van der Waals surface area (Å²) in [5.41, 5.74) is 0. The van der Waals surface area contributed by atoms with E-state index in [4.69, 9.17) is 0 Å². The molecular weight excluding hydrogens is 203 g/mol. The van der Waals surface area contributed by atoms with E-state index in [2.05, 4.69) is 21.1 Å². The van der Waals surface area contributed by atoms with Crippen molar-refractivity contribution in [2.24, 2.45) is 0 Å². The summed E-state index contributed by atoms with van der Waals surface area (Å²) in [5.74, 6) is 1.69. The van der Waals surface area contributed by atoms with Crippen molar-refractivity contribution in [1.29, 1.82) is 0 Å². The summed E-state index contributed by atoms with van der Waals surface area (Å²) in [6, 6.07) is 0. The molecule has 1 fully saturated rings. The van der Waals surface area contributed by atoms with Crippen LogP contribution in [0.4, 0.5) is 0 Å². The highest BCUT2D eigenvalue weighted by atomic mass is 14.1. The van der Waals surface area contributed by atoms with E-state index < -0.39 is 0 Å². The SMILES string of the molecule is CC(C)[B]C1CCCCCCCCCCCC1. The van der Waals surface area contributed by atoms with Gasteiger partial charge in [0.15, 0.2) is 0 Å². The van der Waals surface area contributed by atoms with Crippen molar-refractivity contribution in [3.63, 3.8) is 0 Å². The highest BCUT2D eigenvalue weighted by molar-refractivity contribution is 6.39. The molecule has 1 rings (SSSR count). The molecule has 0 aromatic rings. The minimum Gasteiger partial charge on any atom is -0.0742 e. The molecule has 0 nitrogen and oxygen atoms in total. The number of hydrogen-bond acceptors (Lipinski definition) is 0. The van der Waals surface area contributed by atoms with Crippen LogP contribution in [0.3, 0.4) is 0 Å². The monoisotopic (exact) mass is 235 g/mol. The molecule has 1 heteroatoms. The van der Waals surface area contributed by atoms with Gasteiger partial charge in [-0.05, 0) is 0 Å². The first kappa shape index (κ1) is 15.1. The molecule has 0 unspecified atom stereocenters. The smallest absolute Gasteiger partial charge is 0.0742 e. The van der Waals surface area contributed by atoms with Gasteiger partial charge < -0.3 is 0 Å². The van der Waals surface area contributed by atoms with Crippen molar-refractivity contribution in [2.45, 2.75) is 103 Å².